The van der Waals surface area contributed by atoms with Crippen molar-refractivity contribution in [2.24, 2.45) is 0 Å². The molecule has 2 aliphatic rings. The van der Waals surface area contributed by atoms with Crippen LogP contribution >= 0.6 is 0 Å². The molecule has 0 saturated carbocycles. The van der Waals surface area contributed by atoms with E-state index in [0.29, 0.717) is 12.7 Å². The third-order valence-corrected chi connectivity index (χ3v) is 3.26. The number of ether oxygens (including phenoxy) is 2. The minimum absolute atomic E-state index is 0.364. The first-order chi connectivity index (χ1) is 7.33. The Balaban J connectivity index is 1.87. The van der Waals surface area contributed by atoms with E-state index in [9.17, 15) is 0 Å². The molecule has 1 aromatic carbocycles. The topological polar surface area (TPSA) is 21.7 Å². The number of fused-ring (bicyclic) bond motifs is 1. The van der Waals surface area contributed by atoms with Gasteiger partial charge in [0.2, 0.25) is 6.79 Å². The van der Waals surface area contributed by atoms with E-state index in [4.69, 9.17) is 9.47 Å². The van der Waals surface area contributed by atoms with E-state index >= 15 is 0 Å². The highest BCUT2D eigenvalue weighted by atomic mass is 16.7. The second-order valence-corrected chi connectivity index (χ2v) is 4.36. The van der Waals surface area contributed by atoms with Crippen molar-refractivity contribution in [1.82, 2.24) is 4.90 Å². The molecule has 2 aliphatic heterocycles. The summed E-state index contributed by atoms with van der Waals surface area (Å²) in [7, 11) is 2.17. The highest BCUT2D eigenvalue weighted by Crippen LogP contribution is 2.36. The number of hydrogen-bond donors (Lipinski definition) is 0. The lowest BCUT2D eigenvalue weighted by Gasteiger charge is -2.11. The molecule has 0 N–H and O–H groups in total. The third kappa shape index (κ3) is 1.57. The normalized spacial score (nSPS) is 24.7. The minimum Gasteiger partial charge on any atom is -0.454 e. The number of benzene rings is 1. The molecule has 0 spiro atoms. The molecule has 15 heavy (non-hydrogen) atoms. The quantitative estimate of drug-likeness (QED) is 0.698. The van der Waals surface area contributed by atoms with Gasteiger partial charge in [-0.2, -0.15) is 0 Å². The second kappa shape index (κ2) is 3.42. The van der Waals surface area contributed by atoms with Crippen LogP contribution in [-0.2, 0) is 0 Å². The summed E-state index contributed by atoms with van der Waals surface area (Å²) in [6.45, 7) is 2.71. The molecule has 3 heteroatoms. The van der Waals surface area contributed by atoms with Gasteiger partial charge >= 0.3 is 0 Å². The Morgan fingerprint density at radius 2 is 2.13 bits per heavy atom. The smallest absolute Gasteiger partial charge is 0.231 e. The van der Waals surface area contributed by atoms with Crippen molar-refractivity contribution in [1.29, 1.82) is 0 Å². The first-order valence-corrected chi connectivity index (χ1v) is 5.41. The predicted octanol–water partition coefficient (Wildman–Crippen LogP) is 1.83. The maximum absolute atomic E-state index is 5.39. The summed E-state index contributed by atoms with van der Waals surface area (Å²) in [6, 6.07) is 6.32. The zero-order valence-corrected chi connectivity index (χ0v) is 8.90. The molecule has 1 unspecified atom stereocenters. The van der Waals surface area contributed by atoms with Crippen molar-refractivity contribution in [3.05, 3.63) is 23.8 Å². The average Bonchev–Trinajstić information content (AvgIpc) is 2.84. The highest BCUT2D eigenvalue weighted by molar-refractivity contribution is 5.45. The lowest BCUT2D eigenvalue weighted by atomic mass is 9.98. The summed E-state index contributed by atoms with van der Waals surface area (Å²) in [4.78, 5) is 2.37. The lowest BCUT2D eigenvalue weighted by Crippen LogP contribution is -2.13. The average molecular weight is 205 g/mol. The molecule has 1 atom stereocenters. The Kier molecular flexibility index (Phi) is 2.06. The van der Waals surface area contributed by atoms with Crippen molar-refractivity contribution >= 4 is 0 Å². The Morgan fingerprint density at radius 3 is 2.93 bits per heavy atom. The molecule has 0 aromatic heterocycles. The highest BCUT2D eigenvalue weighted by Gasteiger charge is 2.23. The molecule has 1 fully saturated rings. The molecule has 0 radical (unpaired) electrons. The Hall–Kier alpha value is -1.22. The van der Waals surface area contributed by atoms with Crippen LogP contribution in [0.2, 0.25) is 0 Å². The van der Waals surface area contributed by atoms with Crippen LogP contribution in [-0.4, -0.2) is 31.8 Å². The fraction of sp³-hybridized carbons (Fsp3) is 0.500. The molecule has 80 valence electrons. The maximum Gasteiger partial charge on any atom is 0.231 e. The van der Waals surface area contributed by atoms with E-state index < -0.39 is 0 Å². The summed E-state index contributed by atoms with van der Waals surface area (Å²) < 4.78 is 10.7. The Bertz CT molecular complexity index is 378. The molecule has 0 aliphatic carbocycles. The van der Waals surface area contributed by atoms with Gasteiger partial charge in [0.05, 0.1) is 0 Å². The summed E-state index contributed by atoms with van der Waals surface area (Å²) in [5, 5.41) is 0. The van der Waals surface area contributed by atoms with Crippen molar-refractivity contribution in [2.45, 2.75) is 12.3 Å². The fourth-order valence-corrected chi connectivity index (χ4v) is 2.37. The number of likely N-dealkylation sites (N-methyl/N-ethyl adjacent to an activating group) is 1. The van der Waals surface area contributed by atoms with Gasteiger partial charge in [0.1, 0.15) is 0 Å². The molecule has 0 amide bonds. The second-order valence-electron chi connectivity index (χ2n) is 4.36. The third-order valence-electron chi connectivity index (χ3n) is 3.26. The van der Waals surface area contributed by atoms with Gasteiger partial charge < -0.3 is 14.4 Å². The van der Waals surface area contributed by atoms with Gasteiger partial charge in [-0.05, 0) is 43.6 Å². The van der Waals surface area contributed by atoms with Gasteiger partial charge in [0.15, 0.2) is 11.5 Å². The van der Waals surface area contributed by atoms with E-state index in [-0.39, 0.29) is 0 Å². The van der Waals surface area contributed by atoms with Gasteiger partial charge in [0, 0.05) is 6.54 Å². The molecular formula is C12H15NO2. The zero-order chi connectivity index (χ0) is 10.3. The monoisotopic (exact) mass is 205 g/mol. The van der Waals surface area contributed by atoms with Crippen molar-refractivity contribution in [2.75, 3.05) is 26.9 Å². The van der Waals surface area contributed by atoms with E-state index in [1.807, 2.05) is 6.07 Å². The molecule has 1 saturated heterocycles. The molecule has 2 heterocycles. The largest absolute Gasteiger partial charge is 0.454 e. The molecular weight excluding hydrogens is 190 g/mol. The first kappa shape index (κ1) is 9.04. The van der Waals surface area contributed by atoms with Crippen LogP contribution in [0.25, 0.3) is 0 Å². The standard InChI is InChI=1S/C12H15NO2/c1-13-5-4-10(7-13)9-2-3-11-12(6-9)15-8-14-11/h2-3,6,10H,4-5,7-8H2,1H3. The van der Waals surface area contributed by atoms with Gasteiger partial charge in [-0.3, -0.25) is 0 Å². The molecule has 3 rings (SSSR count). The van der Waals surface area contributed by atoms with Gasteiger partial charge in [-0.15, -0.1) is 0 Å². The number of hydrogen-bond acceptors (Lipinski definition) is 3. The van der Waals surface area contributed by atoms with Gasteiger partial charge in [-0.1, -0.05) is 6.07 Å². The zero-order valence-electron chi connectivity index (χ0n) is 8.90. The molecule has 1 aromatic rings. The SMILES string of the molecule is CN1CCC(c2ccc3c(c2)OCO3)C1. The van der Waals surface area contributed by atoms with Crippen LogP contribution in [0.1, 0.15) is 17.9 Å². The van der Waals surface area contributed by atoms with Crippen LogP contribution in [0.4, 0.5) is 0 Å². The van der Waals surface area contributed by atoms with Crippen molar-refractivity contribution < 1.29 is 9.47 Å². The van der Waals surface area contributed by atoms with Crippen LogP contribution in [0.5, 0.6) is 11.5 Å². The van der Waals surface area contributed by atoms with Crippen molar-refractivity contribution in [3.8, 4) is 11.5 Å². The number of rotatable bonds is 1. The van der Waals surface area contributed by atoms with E-state index in [2.05, 4.69) is 24.1 Å². The van der Waals surface area contributed by atoms with Gasteiger partial charge in [0.25, 0.3) is 0 Å². The summed E-state index contributed by atoms with van der Waals surface area (Å²) in [5.74, 6) is 2.44. The lowest BCUT2D eigenvalue weighted by molar-refractivity contribution is 0.174. The Morgan fingerprint density at radius 1 is 1.27 bits per heavy atom. The van der Waals surface area contributed by atoms with E-state index in [1.165, 1.54) is 18.5 Å². The fourth-order valence-electron chi connectivity index (χ4n) is 2.37. The van der Waals surface area contributed by atoms with Gasteiger partial charge in [-0.25, -0.2) is 0 Å². The van der Waals surface area contributed by atoms with E-state index in [1.54, 1.807) is 0 Å². The van der Waals surface area contributed by atoms with Crippen LogP contribution in [0.15, 0.2) is 18.2 Å². The van der Waals surface area contributed by atoms with Crippen LogP contribution < -0.4 is 9.47 Å². The first-order valence-electron chi connectivity index (χ1n) is 5.41. The summed E-state index contributed by atoms with van der Waals surface area (Å²) in [6.07, 6.45) is 1.25. The summed E-state index contributed by atoms with van der Waals surface area (Å²) >= 11 is 0. The number of nitrogens with zero attached hydrogens (tertiary/aromatic N) is 1. The maximum atomic E-state index is 5.39. The Labute approximate surface area is 89.6 Å². The van der Waals surface area contributed by atoms with Crippen LogP contribution in [0.3, 0.4) is 0 Å². The predicted molar refractivity (Wildman–Crippen MR) is 57.4 cm³/mol. The molecule has 0 bridgehead atoms. The molecule has 3 nitrogen and oxygen atoms in total. The van der Waals surface area contributed by atoms with Crippen LogP contribution in [0, 0.1) is 0 Å². The van der Waals surface area contributed by atoms with E-state index in [0.717, 1.165) is 18.0 Å². The van der Waals surface area contributed by atoms with Crippen molar-refractivity contribution in [3.63, 3.8) is 0 Å². The minimum atomic E-state index is 0.364. The number of likely N-dealkylation sites (tertiary alicyclic amines) is 1. The summed E-state index contributed by atoms with van der Waals surface area (Å²) in [5.41, 5.74) is 1.38.